The average Bonchev–Trinajstić information content (AvgIpc) is 2.37. The van der Waals surface area contributed by atoms with Crippen LogP contribution in [0.3, 0.4) is 0 Å². The monoisotopic (exact) mass is 254 g/mol. The van der Waals surface area contributed by atoms with Gasteiger partial charge in [-0.3, -0.25) is 0 Å². The zero-order chi connectivity index (χ0) is 13.0. The maximum absolute atomic E-state index is 13.0. The molecule has 0 aliphatic carbocycles. The summed E-state index contributed by atoms with van der Waals surface area (Å²) in [6.45, 7) is 6.17. The minimum absolute atomic E-state index is 0.0911. The first-order valence-corrected chi connectivity index (χ1v) is 6.46. The maximum Gasteiger partial charge on any atom is 0.270 e. The molecule has 1 aliphatic rings. The number of benzene rings is 1. The van der Waals surface area contributed by atoms with Crippen LogP contribution in [0.25, 0.3) is 0 Å². The Balaban J connectivity index is 1.86. The quantitative estimate of drug-likeness (QED) is 0.886. The number of hydrogen-bond donors (Lipinski definition) is 1. The highest BCUT2D eigenvalue weighted by Gasteiger charge is 2.23. The number of halogens is 2. The highest BCUT2D eigenvalue weighted by Crippen LogP contribution is 2.26. The zero-order valence-corrected chi connectivity index (χ0v) is 10.8. The first-order valence-electron chi connectivity index (χ1n) is 6.46. The molecular weight excluding hydrogens is 234 g/mol. The molecule has 0 amide bonds. The Kier molecular flexibility index (Phi) is 4.30. The van der Waals surface area contributed by atoms with Crippen molar-refractivity contribution in [3.8, 4) is 0 Å². The van der Waals surface area contributed by atoms with E-state index >= 15 is 0 Å². The summed E-state index contributed by atoms with van der Waals surface area (Å²) in [7, 11) is 0. The molecule has 0 aromatic heterocycles. The average molecular weight is 254 g/mol. The molecule has 18 heavy (non-hydrogen) atoms. The van der Waals surface area contributed by atoms with Crippen molar-refractivity contribution < 1.29 is 8.78 Å². The number of nitrogens with one attached hydrogen (secondary N) is 1. The van der Waals surface area contributed by atoms with E-state index in [1.54, 1.807) is 0 Å². The molecule has 0 unspecified atom stereocenters. The molecule has 0 saturated carbocycles. The summed E-state index contributed by atoms with van der Waals surface area (Å²) in [6.07, 6.45) is 0.926. The molecule has 100 valence electrons. The van der Waals surface area contributed by atoms with E-state index in [9.17, 15) is 8.78 Å². The third kappa shape index (κ3) is 3.75. The van der Waals surface area contributed by atoms with E-state index in [1.807, 2.05) is 12.1 Å². The van der Waals surface area contributed by atoms with E-state index in [0.29, 0.717) is 0 Å². The van der Waals surface area contributed by atoms with Crippen LogP contribution in [-0.2, 0) is 12.3 Å². The van der Waals surface area contributed by atoms with Crippen LogP contribution in [0.15, 0.2) is 24.3 Å². The normalized spacial score (nSPS) is 17.9. The van der Waals surface area contributed by atoms with Gasteiger partial charge in [0.15, 0.2) is 0 Å². The highest BCUT2D eigenvalue weighted by atomic mass is 19.3. The fourth-order valence-corrected chi connectivity index (χ4v) is 2.19. The fourth-order valence-electron chi connectivity index (χ4n) is 2.19. The van der Waals surface area contributed by atoms with E-state index in [4.69, 9.17) is 0 Å². The van der Waals surface area contributed by atoms with Crippen LogP contribution in [-0.4, -0.2) is 37.6 Å². The molecule has 2 rings (SSSR count). The van der Waals surface area contributed by atoms with Gasteiger partial charge in [0.2, 0.25) is 0 Å². The molecule has 0 atom stereocenters. The number of rotatable bonds is 4. The Labute approximate surface area is 107 Å². The van der Waals surface area contributed by atoms with Crippen LogP contribution in [0.4, 0.5) is 8.78 Å². The molecule has 1 aromatic rings. The minimum Gasteiger partial charge on any atom is -0.314 e. The summed E-state index contributed by atoms with van der Waals surface area (Å²) in [4.78, 5) is 2.40. The van der Waals surface area contributed by atoms with Crippen molar-refractivity contribution >= 4 is 0 Å². The first-order chi connectivity index (χ1) is 8.55. The summed E-state index contributed by atoms with van der Waals surface area (Å²) in [6, 6.07) is 6.70. The lowest BCUT2D eigenvalue weighted by molar-refractivity contribution is 0.0174. The van der Waals surface area contributed by atoms with Crippen molar-refractivity contribution in [3.63, 3.8) is 0 Å². The second-order valence-corrected chi connectivity index (χ2v) is 4.93. The summed E-state index contributed by atoms with van der Waals surface area (Å²) < 4.78 is 26.1. The second kappa shape index (κ2) is 5.76. The third-order valence-corrected chi connectivity index (χ3v) is 3.39. The molecule has 0 radical (unpaired) electrons. The fraction of sp³-hybridized carbons (Fsp3) is 0.571. The van der Waals surface area contributed by atoms with Gasteiger partial charge in [-0.05, 0) is 12.0 Å². The van der Waals surface area contributed by atoms with Crippen LogP contribution >= 0.6 is 0 Å². The Morgan fingerprint density at radius 1 is 1.17 bits per heavy atom. The maximum atomic E-state index is 13.0. The van der Waals surface area contributed by atoms with Gasteiger partial charge in [-0.2, -0.15) is 0 Å². The van der Waals surface area contributed by atoms with Gasteiger partial charge >= 0.3 is 0 Å². The van der Waals surface area contributed by atoms with E-state index in [2.05, 4.69) is 10.2 Å². The number of hydrogen-bond acceptors (Lipinski definition) is 2. The van der Waals surface area contributed by atoms with E-state index in [1.165, 1.54) is 12.1 Å². The molecule has 0 spiro atoms. The number of piperazine rings is 1. The molecule has 1 aromatic carbocycles. The molecule has 1 saturated heterocycles. The summed E-state index contributed by atoms with van der Waals surface area (Å²) in [5.74, 6) is -2.74. The minimum atomic E-state index is -2.74. The van der Waals surface area contributed by atoms with Gasteiger partial charge in [0, 0.05) is 45.2 Å². The van der Waals surface area contributed by atoms with Crippen LogP contribution in [0.1, 0.15) is 18.1 Å². The van der Waals surface area contributed by atoms with Crippen molar-refractivity contribution in [1.82, 2.24) is 10.2 Å². The lowest BCUT2D eigenvalue weighted by Gasteiger charge is -2.27. The van der Waals surface area contributed by atoms with Crippen LogP contribution < -0.4 is 5.32 Å². The van der Waals surface area contributed by atoms with Gasteiger partial charge in [0.05, 0.1) is 0 Å². The number of alkyl halides is 2. The molecule has 2 nitrogen and oxygen atoms in total. The Bertz CT molecular complexity index is 364. The van der Waals surface area contributed by atoms with E-state index in [-0.39, 0.29) is 5.56 Å². The summed E-state index contributed by atoms with van der Waals surface area (Å²) in [5.41, 5.74) is 1.22. The lowest BCUT2D eigenvalue weighted by Crippen LogP contribution is -2.44. The van der Waals surface area contributed by atoms with Gasteiger partial charge in [0.25, 0.3) is 5.92 Å². The molecule has 0 bridgehead atoms. The van der Waals surface area contributed by atoms with Crippen LogP contribution in [0, 0.1) is 0 Å². The molecular formula is C14H20F2N2. The van der Waals surface area contributed by atoms with Crippen LogP contribution in [0.5, 0.6) is 0 Å². The first kappa shape index (κ1) is 13.4. The third-order valence-electron chi connectivity index (χ3n) is 3.39. The SMILES string of the molecule is CC(F)(F)c1ccc(CCN2CCNCC2)cc1. The second-order valence-electron chi connectivity index (χ2n) is 4.93. The van der Waals surface area contributed by atoms with Crippen molar-refractivity contribution in [2.24, 2.45) is 0 Å². The van der Waals surface area contributed by atoms with Crippen molar-refractivity contribution in [2.45, 2.75) is 19.3 Å². The van der Waals surface area contributed by atoms with Gasteiger partial charge < -0.3 is 10.2 Å². The summed E-state index contributed by atoms with van der Waals surface area (Å²) in [5, 5.41) is 3.31. The van der Waals surface area contributed by atoms with Crippen molar-refractivity contribution in [3.05, 3.63) is 35.4 Å². The zero-order valence-electron chi connectivity index (χ0n) is 10.8. The molecule has 4 heteroatoms. The topological polar surface area (TPSA) is 15.3 Å². The largest absolute Gasteiger partial charge is 0.314 e. The molecule has 1 aliphatic heterocycles. The van der Waals surface area contributed by atoms with Crippen LogP contribution in [0.2, 0.25) is 0 Å². The van der Waals surface area contributed by atoms with Gasteiger partial charge in [0.1, 0.15) is 0 Å². The van der Waals surface area contributed by atoms with E-state index < -0.39 is 5.92 Å². The van der Waals surface area contributed by atoms with Gasteiger partial charge in [-0.15, -0.1) is 0 Å². The predicted octanol–water partition coefficient (Wildman–Crippen LogP) is 2.25. The van der Waals surface area contributed by atoms with E-state index in [0.717, 1.165) is 51.6 Å². The molecule has 1 N–H and O–H groups in total. The Morgan fingerprint density at radius 3 is 2.33 bits per heavy atom. The Hall–Kier alpha value is -1.00. The van der Waals surface area contributed by atoms with Gasteiger partial charge in [-0.1, -0.05) is 24.3 Å². The van der Waals surface area contributed by atoms with Crippen molar-refractivity contribution in [2.75, 3.05) is 32.7 Å². The standard InChI is InChI=1S/C14H20F2N2/c1-14(15,16)13-4-2-12(3-5-13)6-9-18-10-7-17-8-11-18/h2-5,17H,6-11H2,1H3. The smallest absolute Gasteiger partial charge is 0.270 e. The number of nitrogens with zero attached hydrogens (tertiary/aromatic N) is 1. The molecule has 1 fully saturated rings. The van der Waals surface area contributed by atoms with Gasteiger partial charge in [-0.25, -0.2) is 8.78 Å². The molecule has 1 heterocycles. The van der Waals surface area contributed by atoms with Crippen molar-refractivity contribution in [1.29, 1.82) is 0 Å². The Morgan fingerprint density at radius 2 is 1.78 bits per heavy atom. The highest BCUT2D eigenvalue weighted by molar-refractivity contribution is 5.25. The lowest BCUT2D eigenvalue weighted by atomic mass is 10.1. The predicted molar refractivity (Wildman–Crippen MR) is 69.0 cm³/mol. The summed E-state index contributed by atoms with van der Waals surface area (Å²) >= 11 is 0.